The molecular weight excluding hydrogens is 244 g/mol. The van der Waals surface area contributed by atoms with Crippen LogP contribution >= 0.6 is 22.9 Å². The fraction of sp³-hybridized carbons (Fsp3) is 0.250. The minimum Gasteiger partial charge on any atom is -0.481 e. The van der Waals surface area contributed by atoms with Crippen LogP contribution in [0.5, 0.6) is 0 Å². The van der Waals surface area contributed by atoms with Crippen LogP contribution in [0.15, 0.2) is 23.6 Å². The van der Waals surface area contributed by atoms with Crippen molar-refractivity contribution in [3.05, 3.63) is 34.2 Å². The Morgan fingerprint density at radius 1 is 1.56 bits per heavy atom. The number of hydrogen-bond acceptors (Lipinski definition) is 2. The van der Waals surface area contributed by atoms with Crippen LogP contribution in [0.2, 0.25) is 5.02 Å². The second-order valence-electron chi connectivity index (χ2n) is 3.82. The number of carboxylic acids is 1. The molecule has 0 spiro atoms. The normalized spacial score (nSPS) is 12.9. The molecule has 84 valence electrons. The number of hydrogen-bond donors (Lipinski definition) is 1. The lowest BCUT2D eigenvalue weighted by atomic mass is 10.0. The van der Waals surface area contributed by atoms with E-state index in [0.29, 0.717) is 11.4 Å². The molecule has 0 fully saturated rings. The molecule has 0 aliphatic rings. The summed E-state index contributed by atoms with van der Waals surface area (Å²) in [6, 6.07) is 5.75. The monoisotopic (exact) mass is 254 g/mol. The highest BCUT2D eigenvalue weighted by Crippen LogP contribution is 2.33. The van der Waals surface area contributed by atoms with Gasteiger partial charge in [0.15, 0.2) is 0 Å². The first kappa shape index (κ1) is 11.4. The zero-order valence-electron chi connectivity index (χ0n) is 8.74. The molecule has 2 nitrogen and oxygen atoms in total. The molecule has 0 amide bonds. The summed E-state index contributed by atoms with van der Waals surface area (Å²) in [6.45, 7) is 1.71. The van der Waals surface area contributed by atoms with Crippen LogP contribution in [-0.2, 0) is 11.2 Å². The van der Waals surface area contributed by atoms with E-state index in [1.165, 1.54) is 0 Å². The van der Waals surface area contributed by atoms with E-state index in [0.717, 1.165) is 15.6 Å². The van der Waals surface area contributed by atoms with Crippen LogP contribution in [0, 0.1) is 5.92 Å². The molecular formula is C12H11ClO2S. The zero-order chi connectivity index (χ0) is 11.7. The molecule has 16 heavy (non-hydrogen) atoms. The van der Waals surface area contributed by atoms with Gasteiger partial charge in [-0.3, -0.25) is 4.79 Å². The number of aliphatic carboxylic acids is 1. The van der Waals surface area contributed by atoms with Gasteiger partial charge >= 0.3 is 5.97 Å². The topological polar surface area (TPSA) is 37.3 Å². The smallest absolute Gasteiger partial charge is 0.306 e. The van der Waals surface area contributed by atoms with E-state index in [1.54, 1.807) is 18.3 Å². The van der Waals surface area contributed by atoms with Gasteiger partial charge in [-0.05, 0) is 29.5 Å². The molecule has 0 saturated carbocycles. The fourth-order valence-corrected chi connectivity index (χ4v) is 3.03. The van der Waals surface area contributed by atoms with Crippen molar-refractivity contribution in [1.29, 1.82) is 0 Å². The van der Waals surface area contributed by atoms with Gasteiger partial charge in [0.1, 0.15) is 0 Å². The lowest BCUT2D eigenvalue weighted by Crippen LogP contribution is -2.11. The molecule has 1 aromatic carbocycles. The van der Waals surface area contributed by atoms with E-state index >= 15 is 0 Å². The lowest BCUT2D eigenvalue weighted by Gasteiger charge is -2.05. The Labute approximate surface area is 102 Å². The number of halogens is 1. The maximum Gasteiger partial charge on any atom is 0.306 e. The molecule has 0 saturated heterocycles. The summed E-state index contributed by atoms with van der Waals surface area (Å²) in [5.41, 5.74) is 1.03. The van der Waals surface area contributed by atoms with E-state index in [1.807, 2.05) is 23.6 Å². The van der Waals surface area contributed by atoms with Gasteiger partial charge in [0.25, 0.3) is 0 Å². The Balaban J connectivity index is 2.42. The number of benzene rings is 1. The summed E-state index contributed by atoms with van der Waals surface area (Å²) < 4.78 is 1.11. The van der Waals surface area contributed by atoms with Crippen molar-refractivity contribution in [2.45, 2.75) is 13.3 Å². The van der Waals surface area contributed by atoms with Crippen molar-refractivity contribution in [1.82, 2.24) is 0 Å². The number of carboxylic acid groups (broad SMARTS) is 1. The summed E-state index contributed by atoms with van der Waals surface area (Å²) in [4.78, 5) is 10.8. The van der Waals surface area contributed by atoms with Crippen molar-refractivity contribution in [2.24, 2.45) is 5.92 Å². The molecule has 2 rings (SSSR count). The quantitative estimate of drug-likeness (QED) is 0.904. The van der Waals surface area contributed by atoms with Crippen LogP contribution in [0.4, 0.5) is 0 Å². The minimum atomic E-state index is -0.772. The fourth-order valence-electron chi connectivity index (χ4n) is 1.68. The van der Waals surface area contributed by atoms with Gasteiger partial charge in [-0.2, -0.15) is 0 Å². The van der Waals surface area contributed by atoms with Gasteiger partial charge in [0, 0.05) is 15.1 Å². The van der Waals surface area contributed by atoms with Gasteiger partial charge in [0.2, 0.25) is 0 Å². The van der Waals surface area contributed by atoms with Gasteiger partial charge in [-0.25, -0.2) is 0 Å². The Kier molecular flexibility index (Phi) is 3.17. The average molecular weight is 255 g/mol. The predicted molar refractivity (Wildman–Crippen MR) is 67.3 cm³/mol. The summed E-state index contributed by atoms with van der Waals surface area (Å²) in [7, 11) is 0. The highest BCUT2D eigenvalue weighted by atomic mass is 35.5. The number of rotatable bonds is 3. The highest BCUT2D eigenvalue weighted by Gasteiger charge is 2.15. The van der Waals surface area contributed by atoms with Gasteiger partial charge in [-0.15, -0.1) is 11.3 Å². The second-order valence-corrected chi connectivity index (χ2v) is 5.14. The summed E-state index contributed by atoms with van der Waals surface area (Å²) >= 11 is 7.73. The van der Waals surface area contributed by atoms with Crippen LogP contribution in [-0.4, -0.2) is 11.1 Å². The summed E-state index contributed by atoms with van der Waals surface area (Å²) in [5, 5.41) is 12.6. The van der Waals surface area contributed by atoms with E-state index < -0.39 is 5.97 Å². The van der Waals surface area contributed by atoms with Crippen molar-refractivity contribution in [3.63, 3.8) is 0 Å². The van der Waals surface area contributed by atoms with Crippen LogP contribution < -0.4 is 0 Å². The van der Waals surface area contributed by atoms with Gasteiger partial charge in [0.05, 0.1) is 5.92 Å². The molecule has 0 radical (unpaired) electrons. The molecule has 0 bridgehead atoms. The second kappa shape index (κ2) is 4.44. The molecule has 1 unspecified atom stereocenters. The van der Waals surface area contributed by atoms with Crippen molar-refractivity contribution < 1.29 is 9.90 Å². The third-order valence-electron chi connectivity index (χ3n) is 2.57. The largest absolute Gasteiger partial charge is 0.481 e. The number of fused-ring (bicyclic) bond motifs is 1. The Morgan fingerprint density at radius 3 is 3.00 bits per heavy atom. The predicted octanol–water partition coefficient (Wildman–Crippen LogP) is 3.82. The first-order chi connectivity index (χ1) is 7.59. The SMILES string of the molecule is CC(Cc1csc2cccc(Cl)c12)C(=O)O. The third kappa shape index (κ3) is 2.06. The van der Waals surface area contributed by atoms with Crippen molar-refractivity contribution in [2.75, 3.05) is 0 Å². The van der Waals surface area contributed by atoms with E-state index in [9.17, 15) is 4.79 Å². The standard InChI is InChI=1S/C12H11ClO2S/c1-7(12(14)15)5-8-6-16-10-4-2-3-9(13)11(8)10/h2-4,6-7H,5H2,1H3,(H,14,15). The Bertz CT molecular complexity index is 533. The summed E-state index contributed by atoms with van der Waals surface area (Å²) in [5.74, 6) is -1.15. The van der Waals surface area contributed by atoms with Crippen LogP contribution in [0.3, 0.4) is 0 Å². The molecule has 1 heterocycles. The van der Waals surface area contributed by atoms with Gasteiger partial charge < -0.3 is 5.11 Å². The first-order valence-corrected chi connectivity index (χ1v) is 6.22. The Morgan fingerprint density at radius 2 is 2.31 bits per heavy atom. The average Bonchev–Trinajstić information content (AvgIpc) is 2.63. The molecule has 2 aromatic rings. The van der Waals surface area contributed by atoms with Crippen molar-refractivity contribution in [3.8, 4) is 0 Å². The third-order valence-corrected chi connectivity index (χ3v) is 3.88. The van der Waals surface area contributed by atoms with Gasteiger partial charge in [-0.1, -0.05) is 24.6 Å². The zero-order valence-corrected chi connectivity index (χ0v) is 10.3. The Hall–Kier alpha value is -1.06. The minimum absolute atomic E-state index is 0.380. The van der Waals surface area contributed by atoms with E-state index in [4.69, 9.17) is 16.7 Å². The molecule has 1 N–H and O–H groups in total. The lowest BCUT2D eigenvalue weighted by molar-refractivity contribution is -0.141. The van der Waals surface area contributed by atoms with Crippen LogP contribution in [0.1, 0.15) is 12.5 Å². The summed E-state index contributed by atoms with van der Waals surface area (Å²) in [6.07, 6.45) is 0.527. The van der Waals surface area contributed by atoms with E-state index in [-0.39, 0.29) is 5.92 Å². The molecule has 0 aliphatic carbocycles. The number of carbonyl (C=O) groups is 1. The first-order valence-electron chi connectivity index (χ1n) is 4.97. The maximum atomic E-state index is 10.8. The molecule has 1 aromatic heterocycles. The molecule has 4 heteroatoms. The molecule has 1 atom stereocenters. The molecule has 0 aliphatic heterocycles. The highest BCUT2D eigenvalue weighted by molar-refractivity contribution is 7.17. The van der Waals surface area contributed by atoms with E-state index in [2.05, 4.69) is 0 Å². The maximum absolute atomic E-state index is 10.8. The van der Waals surface area contributed by atoms with Crippen molar-refractivity contribution >= 4 is 39.0 Å². The number of thiophene rings is 1. The van der Waals surface area contributed by atoms with Crippen LogP contribution in [0.25, 0.3) is 10.1 Å².